The monoisotopic (exact) mass is 234 g/mol. The number of fused-ring (bicyclic) bond motifs is 1. The van der Waals surface area contributed by atoms with E-state index in [2.05, 4.69) is 22.8 Å². The molecule has 84 valence electrons. The molecule has 0 radical (unpaired) electrons. The van der Waals surface area contributed by atoms with Gasteiger partial charge in [0.05, 0.1) is 0 Å². The minimum atomic E-state index is -0.281. The molecule has 1 saturated heterocycles. The van der Waals surface area contributed by atoms with Crippen LogP contribution in [0.5, 0.6) is 5.75 Å². The summed E-state index contributed by atoms with van der Waals surface area (Å²) in [5.41, 5.74) is 1.01. The standard InChI is InChI=1S/C12H14N2OS/c16-11-13-8-7-12(14-11)6-5-9-3-1-2-4-10(9)15-12/h1-4H,5-8H2,(H2,13,14,16). The Morgan fingerprint density at radius 1 is 1.25 bits per heavy atom. The molecule has 0 saturated carbocycles. The lowest BCUT2D eigenvalue weighted by Gasteiger charge is -2.42. The van der Waals surface area contributed by atoms with Gasteiger partial charge in [0.2, 0.25) is 0 Å². The molecule has 1 aromatic carbocycles. The molecule has 0 aliphatic carbocycles. The zero-order valence-electron chi connectivity index (χ0n) is 8.95. The van der Waals surface area contributed by atoms with E-state index in [-0.39, 0.29) is 5.72 Å². The lowest BCUT2D eigenvalue weighted by molar-refractivity contribution is 0.0171. The molecule has 3 rings (SSSR count). The van der Waals surface area contributed by atoms with Gasteiger partial charge in [0, 0.05) is 19.4 Å². The van der Waals surface area contributed by atoms with Crippen LogP contribution in [0.4, 0.5) is 0 Å². The number of aryl methyl sites for hydroxylation is 1. The van der Waals surface area contributed by atoms with Crippen LogP contribution >= 0.6 is 12.2 Å². The third-order valence-corrected chi connectivity index (χ3v) is 3.48. The first kappa shape index (κ1) is 9.90. The summed E-state index contributed by atoms with van der Waals surface area (Å²) in [6, 6.07) is 8.22. The average molecular weight is 234 g/mol. The Kier molecular flexibility index (Phi) is 2.24. The van der Waals surface area contributed by atoms with Crippen LogP contribution in [0.2, 0.25) is 0 Å². The van der Waals surface area contributed by atoms with Gasteiger partial charge in [0.25, 0.3) is 0 Å². The zero-order valence-corrected chi connectivity index (χ0v) is 9.77. The minimum Gasteiger partial charge on any atom is -0.468 e. The maximum atomic E-state index is 6.09. The Labute approximate surface area is 100 Å². The smallest absolute Gasteiger partial charge is 0.184 e. The van der Waals surface area contributed by atoms with E-state index >= 15 is 0 Å². The Morgan fingerprint density at radius 2 is 2.12 bits per heavy atom. The maximum Gasteiger partial charge on any atom is 0.184 e. The Balaban J connectivity index is 1.89. The predicted molar refractivity (Wildman–Crippen MR) is 66.5 cm³/mol. The number of ether oxygens (including phenoxy) is 1. The highest BCUT2D eigenvalue weighted by atomic mass is 32.1. The zero-order chi connectivity index (χ0) is 11.0. The predicted octanol–water partition coefficient (Wildman–Crippen LogP) is 1.58. The van der Waals surface area contributed by atoms with Gasteiger partial charge in [-0.25, -0.2) is 0 Å². The molecule has 2 aliphatic heterocycles. The molecule has 1 unspecified atom stereocenters. The average Bonchev–Trinajstić information content (AvgIpc) is 2.28. The van der Waals surface area contributed by atoms with E-state index < -0.39 is 0 Å². The van der Waals surface area contributed by atoms with Crippen molar-refractivity contribution in [2.24, 2.45) is 0 Å². The molecule has 0 bridgehead atoms. The minimum absolute atomic E-state index is 0.281. The molecule has 2 heterocycles. The summed E-state index contributed by atoms with van der Waals surface area (Å²) in [6.07, 6.45) is 2.97. The van der Waals surface area contributed by atoms with Crippen LogP contribution in [0, 0.1) is 0 Å². The second kappa shape index (κ2) is 3.63. The second-order valence-electron chi connectivity index (χ2n) is 4.33. The molecule has 1 aromatic rings. The van der Waals surface area contributed by atoms with Crippen LogP contribution in [-0.2, 0) is 6.42 Å². The highest BCUT2D eigenvalue weighted by Gasteiger charge is 2.38. The molecule has 3 nitrogen and oxygen atoms in total. The fourth-order valence-corrected chi connectivity index (χ4v) is 2.65. The maximum absolute atomic E-state index is 6.09. The molecule has 16 heavy (non-hydrogen) atoms. The van der Waals surface area contributed by atoms with Crippen LogP contribution in [0.15, 0.2) is 24.3 Å². The van der Waals surface area contributed by atoms with E-state index in [4.69, 9.17) is 17.0 Å². The van der Waals surface area contributed by atoms with Gasteiger partial charge >= 0.3 is 0 Å². The SMILES string of the molecule is S=C1NCCC2(CCc3ccccc3O2)N1. The topological polar surface area (TPSA) is 33.3 Å². The highest BCUT2D eigenvalue weighted by Crippen LogP contribution is 2.34. The molecule has 1 spiro atoms. The molecule has 2 aliphatic rings. The molecular weight excluding hydrogens is 220 g/mol. The van der Waals surface area contributed by atoms with Crippen LogP contribution in [0.25, 0.3) is 0 Å². The first-order valence-electron chi connectivity index (χ1n) is 5.60. The third kappa shape index (κ3) is 1.63. The number of rotatable bonds is 0. The van der Waals surface area contributed by atoms with E-state index in [0.29, 0.717) is 5.11 Å². The number of nitrogens with one attached hydrogen (secondary N) is 2. The van der Waals surface area contributed by atoms with E-state index in [1.807, 2.05) is 12.1 Å². The van der Waals surface area contributed by atoms with Gasteiger partial charge in [0.1, 0.15) is 5.75 Å². The van der Waals surface area contributed by atoms with Gasteiger partial charge in [-0.1, -0.05) is 18.2 Å². The number of thiocarbonyl (C=S) groups is 1. The molecule has 1 fully saturated rings. The largest absolute Gasteiger partial charge is 0.468 e. The number of hydrogen-bond donors (Lipinski definition) is 2. The van der Waals surface area contributed by atoms with Crippen LogP contribution < -0.4 is 15.4 Å². The van der Waals surface area contributed by atoms with Crippen LogP contribution in [0.3, 0.4) is 0 Å². The molecule has 2 N–H and O–H groups in total. The normalized spacial score (nSPS) is 27.6. The van der Waals surface area contributed by atoms with E-state index in [1.165, 1.54) is 5.56 Å². The van der Waals surface area contributed by atoms with Crippen molar-refractivity contribution in [3.8, 4) is 5.75 Å². The fourth-order valence-electron chi connectivity index (χ4n) is 2.36. The van der Waals surface area contributed by atoms with Crippen molar-refractivity contribution in [3.05, 3.63) is 29.8 Å². The quantitative estimate of drug-likeness (QED) is 0.668. The third-order valence-electron chi connectivity index (χ3n) is 3.23. The van der Waals surface area contributed by atoms with E-state index in [1.54, 1.807) is 0 Å². The van der Waals surface area contributed by atoms with Crippen molar-refractivity contribution in [1.82, 2.24) is 10.6 Å². The van der Waals surface area contributed by atoms with Crippen molar-refractivity contribution in [1.29, 1.82) is 0 Å². The van der Waals surface area contributed by atoms with Crippen molar-refractivity contribution in [3.63, 3.8) is 0 Å². The summed E-state index contributed by atoms with van der Waals surface area (Å²) < 4.78 is 6.09. The van der Waals surface area contributed by atoms with Crippen LogP contribution in [0.1, 0.15) is 18.4 Å². The molecule has 1 atom stereocenters. The van der Waals surface area contributed by atoms with Crippen LogP contribution in [-0.4, -0.2) is 17.4 Å². The summed E-state index contributed by atoms with van der Waals surface area (Å²) in [5.74, 6) is 0.992. The highest BCUT2D eigenvalue weighted by molar-refractivity contribution is 7.80. The molecule has 4 heteroatoms. The lowest BCUT2D eigenvalue weighted by atomic mass is 9.94. The number of hydrogen-bond acceptors (Lipinski definition) is 2. The van der Waals surface area contributed by atoms with E-state index in [0.717, 1.165) is 31.6 Å². The van der Waals surface area contributed by atoms with Gasteiger partial charge in [-0.05, 0) is 30.3 Å². The van der Waals surface area contributed by atoms with Gasteiger partial charge in [-0.3, -0.25) is 0 Å². The van der Waals surface area contributed by atoms with Crippen molar-refractivity contribution >= 4 is 17.3 Å². The summed E-state index contributed by atoms with van der Waals surface area (Å²) in [6.45, 7) is 0.883. The Morgan fingerprint density at radius 3 is 3.00 bits per heavy atom. The van der Waals surface area contributed by atoms with Gasteiger partial charge < -0.3 is 15.4 Å². The molecular formula is C12H14N2OS. The fraction of sp³-hybridized carbons (Fsp3) is 0.417. The lowest BCUT2D eigenvalue weighted by Crippen LogP contribution is -2.62. The first-order valence-corrected chi connectivity index (χ1v) is 6.01. The number of para-hydroxylation sites is 1. The summed E-state index contributed by atoms with van der Waals surface area (Å²) in [4.78, 5) is 0. The van der Waals surface area contributed by atoms with Crippen molar-refractivity contribution in [2.75, 3.05) is 6.54 Å². The second-order valence-corrected chi connectivity index (χ2v) is 4.74. The Bertz CT molecular complexity index is 435. The number of benzene rings is 1. The van der Waals surface area contributed by atoms with E-state index in [9.17, 15) is 0 Å². The summed E-state index contributed by atoms with van der Waals surface area (Å²) >= 11 is 5.16. The summed E-state index contributed by atoms with van der Waals surface area (Å²) in [7, 11) is 0. The van der Waals surface area contributed by atoms with Gasteiger partial charge in [0.15, 0.2) is 10.8 Å². The molecule has 0 amide bonds. The van der Waals surface area contributed by atoms with Gasteiger partial charge in [-0.15, -0.1) is 0 Å². The Hall–Kier alpha value is -1.29. The van der Waals surface area contributed by atoms with Crippen molar-refractivity contribution < 1.29 is 4.74 Å². The molecule has 0 aromatic heterocycles. The first-order chi connectivity index (χ1) is 7.77. The van der Waals surface area contributed by atoms with Gasteiger partial charge in [-0.2, -0.15) is 0 Å². The summed E-state index contributed by atoms with van der Waals surface area (Å²) in [5, 5.41) is 7.09. The van der Waals surface area contributed by atoms with Crippen molar-refractivity contribution in [2.45, 2.75) is 25.0 Å².